The maximum atomic E-state index is 7.50. The molecule has 0 aliphatic heterocycles. The zero-order valence-corrected chi connectivity index (χ0v) is 3.41. The summed E-state index contributed by atoms with van der Waals surface area (Å²) < 4.78 is 7.50. The first-order valence-corrected chi connectivity index (χ1v) is 1.20. The van der Waals surface area contributed by atoms with Crippen molar-refractivity contribution >= 4 is 0 Å². The Hall–Kier alpha value is -0.300. The average Bonchev–Trinajstić information content (AvgIpc) is 1.46. The van der Waals surface area contributed by atoms with Crippen LogP contribution in [0.5, 0.6) is 0 Å². The Labute approximate surface area is 31.9 Å². The standard InChI is InChI=1S/C2H7N.CO/c1-3-2;1-2/h3H,1-2H3;. The van der Waals surface area contributed by atoms with Crippen LogP contribution in [0.4, 0.5) is 0 Å². The molecule has 0 aliphatic rings. The molecule has 0 aromatic rings. The summed E-state index contributed by atoms with van der Waals surface area (Å²) in [7, 11) is 3.75. The van der Waals surface area contributed by atoms with Crippen LogP contribution in [-0.4, -0.2) is 14.1 Å². The van der Waals surface area contributed by atoms with E-state index in [9.17, 15) is 0 Å². The fraction of sp³-hybridized carbons (Fsp3) is 0.667. The molecule has 0 atom stereocenters. The van der Waals surface area contributed by atoms with Gasteiger partial charge in [0.25, 0.3) is 0 Å². The van der Waals surface area contributed by atoms with Crippen LogP contribution in [0.1, 0.15) is 0 Å². The Balaban J connectivity index is 0. The van der Waals surface area contributed by atoms with Gasteiger partial charge >= 0.3 is 11.3 Å². The van der Waals surface area contributed by atoms with Crippen LogP contribution in [0.15, 0.2) is 0 Å². The Morgan fingerprint density at radius 3 is 1.40 bits per heavy atom. The van der Waals surface area contributed by atoms with Gasteiger partial charge in [0.2, 0.25) is 0 Å². The summed E-state index contributed by atoms with van der Waals surface area (Å²) in [5, 5.41) is 2.75. The normalized spacial score (nSPS) is 4.00. The maximum absolute atomic E-state index is 7.50. The molecular formula is C3H7NO. The molecule has 0 heterocycles. The summed E-state index contributed by atoms with van der Waals surface area (Å²) in [6.07, 6.45) is 0. The quantitative estimate of drug-likeness (QED) is 0.312. The molecule has 2 heteroatoms. The molecule has 5 heavy (non-hydrogen) atoms. The number of hydrogen-bond acceptors (Lipinski definition) is 1. The van der Waals surface area contributed by atoms with Crippen molar-refractivity contribution in [3.8, 4) is 0 Å². The van der Waals surface area contributed by atoms with Crippen LogP contribution < -0.4 is 5.32 Å². The fourth-order valence-corrected chi connectivity index (χ4v) is 0. The second kappa shape index (κ2) is 55.0. The number of nitrogens with one attached hydrogen (secondary N) is 1. The minimum atomic E-state index is 1.88. The second-order valence-corrected chi connectivity index (χ2v) is 0.500. The fourth-order valence-electron chi connectivity index (χ4n) is 0. The molecule has 30 valence electrons. The molecule has 0 saturated heterocycles. The molecule has 0 saturated carbocycles. The molecule has 0 aliphatic carbocycles. The molecule has 0 amide bonds. The van der Waals surface area contributed by atoms with Gasteiger partial charge in [0.1, 0.15) is 0 Å². The monoisotopic (exact) mass is 73.1 g/mol. The van der Waals surface area contributed by atoms with E-state index >= 15 is 0 Å². The second-order valence-electron chi connectivity index (χ2n) is 0.500. The number of rotatable bonds is 0. The minimum absolute atomic E-state index is 1.88. The van der Waals surface area contributed by atoms with Crippen molar-refractivity contribution < 1.29 is 4.65 Å². The summed E-state index contributed by atoms with van der Waals surface area (Å²) in [5.74, 6) is 0. The molecule has 0 spiro atoms. The van der Waals surface area contributed by atoms with Gasteiger partial charge in [-0.25, -0.2) is 0 Å². The molecule has 2 nitrogen and oxygen atoms in total. The third kappa shape index (κ3) is 119. The molecule has 0 fully saturated rings. The molecule has 0 rings (SSSR count). The SMILES string of the molecule is CNC.[C-]#[O+]. The van der Waals surface area contributed by atoms with E-state index in [1.807, 2.05) is 14.1 Å². The Bertz CT molecular complexity index is 18.1. The summed E-state index contributed by atoms with van der Waals surface area (Å²) in [4.78, 5) is 0. The first-order valence-electron chi connectivity index (χ1n) is 1.20. The molecule has 0 radical (unpaired) electrons. The van der Waals surface area contributed by atoms with Crippen LogP contribution in [0.2, 0.25) is 0 Å². The van der Waals surface area contributed by atoms with E-state index in [1.54, 1.807) is 0 Å². The van der Waals surface area contributed by atoms with Crippen molar-refractivity contribution in [1.29, 1.82) is 0 Å². The van der Waals surface area contributed by atoms with E-state index in [1.165, 1.54) is 0 Å². The Morgan fingerprint density at radius 2 is 1.40 bits per heavy atom. The van der Waals surface area contributed by atoms with Crippen LogP contribution >= 0.6 is 0 Å². The van der Waals surface area contributed by atoms with Gasteiger partial charge in [-0.1, -0.05) is 0 Å². The topological polar surface area (TPSA) is 31.9 Å². The van der Waals surface area contributed by atoms with E-state index in [0.29, 0.717) is 0 Å². The van der Waals surface area contributed by atoms with Crippen LogP contribution in [0.25, 0.3) is 0 Å². The Morgan fingerprint density at radius 1 is 1.40 bits per heavy atom. The van der Waals surface area contributed by atoms with Crippen molar-refractivity contribution in [1.82, 2.24) is 5.32 Å². The Kier molecular flexibility index (Phi) is 97.2. The first-order chi connectivity index (χ1) is 2.41. The zero-order chi connectivity index (χ0) is 4.71. The summed E-state index contributed by atoms with van der Waals surface area (Å²) in [5.41, 5.74) is 0. The van der Waals surface area contributed by atoms with E-state index in [2.05, 4.69) is 12.0 Å². The molecule has 0 aromatic carbocycles. The van der Waals surface area contributed by atoms with E-state index < -0.39 is 0 Å². The summed E-state index contributed by atoms with van der Waals surface area (Å²) in [6.45, 7) is 4.50. The van der Waals surface area contributed by atoms with Crippen molar-refractivity contribution in [2.75, 3.05) is 14.1 Å². The van der Waals surface area contributed by atoms with Gasteiger partial charge < -0.3 is 5.32 Å². The molecule has 1 N–H and O–H groups in total. The van der Waals surface area contributed by atoms with Gasteiger partial charge in [-0.2, -0.15) is 0 Å². The van der Waals surface area contributed by atoms with Gasteiger partial charge in [0.05, 0.1) is 0 Å². The molecule has 0 aromatic heterocycles. The van der Waals surface area contributed by atoms with Crippen molar-refractivity contribution in [3.05, 3.63) is 6.65 Å². The van der Waals surface area contributed by atoms with Gasteiger partial charge in [0.15, 0.2) is 0 Å². The zero-order valence-electron chi connectivity index (χ0n) is 3.41. The van der Waals surface area contributed by atoms with Crippen molar-refractivity contribution in [2.45, 2.75) is 0 Å². The third-order valence-corrected chi connectivity index (χ3v) is 0. The van der Waals surface area contributed by atoms with Gasteiger partial charge in [-0.15, -0.1) is 0 Å². The van der Waals surface area contributed by atoms with Crippen LogP contribution in [0.3, 0.4) is 0 Å². The third-order valence-electron chi connectivity index (χ3n) is 0. The molecule has 0 unspecified atom stereocenters. The number of hydrogen-bond donors (Lipinski definition) is 1. The first kappa shape index (κ1) is 8.83. The van der Waals surface area contributed by atoms with Gasteiger partial charge in [0, 0.05) is 0 Å². The predicted molar refractivity (Wildman–Crippen MR) is 18.9 cm³/mol. The van der Waals surface area contributed by atoms with Crippen molar-refractivity contribution in [3.63, 3.8) is 0 Å². The summed E-state index contributed by atoms with van der Waals surface area (Å²) in [6, 6.07) is 0. The van der Waals surface area contributed by atoms with Gasteiger partial charge in [-0.05, 0) is 14.1 Å². The molecule has 0 bridgehead atoms. The molecular weight excluding hydrogens is 66.0 g/mol. The van der Waals surface area contributed by atoms with E-state index in [0.717, 1.165) is 0 Å². The summed E-state index contributed by atoms with van der Waals surface area (Å²) >= 11 is 0. The van der Waals surface area contributed by atoms with Crippen LogP contribution in [-0.2, 0) is 4.65 Å². The van der Waals surface area contributed by atoms with Crippen LogP contribution in [0, 0.1) is 6.65 Å². The van der Waals surface area contributed by atoms with E-state index in [4.69, 9.17) is 4.65 Å². The van der Waals surface area contributed by atoms with Crippen molar-refractivity contribution in [2.24, 2.45) is 0 Å². The van der Waals surface area contributed by atoms with E-state index in [-0.39, 0.29) is 0 Å². The van der Waals surface area contributed by atoms with Gasteiger partial charge in [-0.3, -0.25) is 0 Å². The predicted octanol–water partition coefficient (Wildman–Crippen LogP) is -0.202. The average molecular weight is 73.1 g/mol.